The summed E-state index contributed by atoms with van der Waals surface area (Å²) in [6.07, 6.45) is 0.649. The standard InChI is InChI=1S/C19H17F3N2O2/c20-14-5-2-1-4-11(14)8-9-23-18(25)12-10-13(12)19(26)24-17-15(21)6-3-7-16(17)22/h1-7,12-13H,8-10H2,(H,23,25)(H,24,26). The Labute approximate surface area is 148 Å². The summed E-state index contributed by atoms with van der Waals surface area (Å²) < 4.78 is 40.6. The second-order valence-corrected chi connectivity index (χ2v) is 6.17. The second-order valence-electron chi connectivity index (χ2n) is 6.17. The smallest absolute Gasteiger partial charge is 0.228 e. The van der Waals surface area contributed by atoms with Crippen molar-refractivity contribution < 1.29 is 22.8 Å². The summed E-state index contributed by atoms with van der Waals surface area (Å²) in [7, 11) is 0. The molecule has 1 fully saturated rings. The molecule has 2 aromatic carbocycles. The summed E-state index contributed by atoms with van der Waals surface area (Å²) in [5.41, 5.74) is -0.0176. The van der Waals surface area contributed by atoms with Crippen molar-refractivity contribution in [3.05, 3.63) is 65.5 Å². The van der Waals surface area contributed by atoms with Crippen LogP contribution in [0.5, 0.6) is 0 Å². The van der Waals surface area contributed by atoms with E-state index in [0.29, 0.717) is 18.4 Å². The minimum absolute atomic E-state index is 0.243. The number of hydrogen-bond donors (Lipinski definition) is 2. The van der Waals surface area contributed by atoms with Gasteiger partial charge in [0.15, 0.2) is 0 Å². The van der Waals surface area contributed by atoms with Gasteiger partial charge in [0.25, 0.3) is 0 Å². The van der Waals surface area contributed by atoms with Gasteiger partial charge < -0.3 is 10.6 Å². The first kappa shape index (κ1) is 18.0. The molecule has 0 heterocycles. The number of benzene rings is 2. The number of anilines is 1. The number of nitrogens with one attached hydrogen (secondary N) is 2. The maximum Gasteiger partial charge on any atom is 0.228 e. The topological polar surface area (TPSA) is 58.2 Å². The van der Waals surface area contributed by atoms with Crippen LogP contribution in [0.3, 0.4) is 0 Å². The van der Waals surface area contributed by atoms with Crippen LogP contribution in [0, 0.1) is 29.3 Å². The first-order valence-electron chi connectivity index (χ1n) is 8.23. The molecule has 2 unspecified atom stereocenters. The normalized spacial score (nSPS) is 18.3. The summed E-state index contributed by atoms with van der Waals surface area (Å²) in [4.78, 5) is 24.1. The predicted molar refractivity (Wildman–Crippen MR) is 89.7 cm³/mol. The number of para-hydroxylation sites is 1. The Balaban J connectivity index is 1.48. The van der Waals surface area contributed by atoms with Crippen LogP contribution in [0.2, 0.25) is 0 Å². The second kappa shape index (κ2) is 7.59. The minimum atomic E-state index is -0.870. The average Bonchev–Trinajstić information content (AvgIpc) is 3.41. The predicted octanol–water partition coefficient (Wildman–Crippen LogP) is 3.04. The third kappa shape index (κ3) is 4.04. The molecule has 1 aliphatic carbocycles. The van der Waals surface area contributed by atoms with Gasteiger partial charge in [-0.15, -0.1) is 0 Å². The summed E-state index contributed by atoms with van der Waals surface area (Å²) in [6, 6.07) is 9.56. The molecule has 3 rings (SSSR count). The first-order valence-corrected chi connectivity index (χ1v) is 8.23. The Hall–Kier alpha value is -2.83. The van der Waals surface area contributed by atoms with Crippen molar-refractivity contribution in [1.29, 1.82) is 0 Å². The number of amides is 2. The lowest BCUT2D eigenvalue weighted by atomic mass is 10.1. The van der Waals surface area contributed by atoms with Gasteiger partial charge in [-0.05, 0) is 36.6 Å². The van der Waals surface area contributed by atoms with Crippen molar-refractivity contribution in [2.24, 2.45) is 11.8 Å². The Morgan fingerprint density at radius 1 is 0.885 bits per heavy atom. The Kier molecular flexibility index (Phi) is 5.25. The number of carbonyl (C=O) groups excluding carboxylic acids is 2. The number of carbonyl (C=O) groups is 2. The molecular weight excluding hydrogens is 345 g/mol. The average molecular weight is 362 g/mol. The molecule has 2 aromatic rings. The maximum absolute atomic E-state index is 13.5. The summed E-state index contributed by atoms with van der Waals surface area (Å²) in [6.45, 7) is 0.243. The molecule has 0 saturated heterocycles. The minimum Gasteiger partial charge on any atom is -0.356 e. The van der Waals surface area contributed by atoms with Gasteiger partial charge in [-0.2, -0.15) is 0 Å². The van der Waals surface area contributed by atoms with E-state index < -0.39 is 35.1 Å². The highest BCUT2D eigenvalue weighted by atomic mass is 19.1. The molecule has 0 spiro atoms. The Bertz CT molecular complexity index is 821. The Morgan fingerprint density at radius 2 is 1.50 bits per heavy atom. The van der Waals surface area contributed by atoms with Gasteiger partial charge in [0, 0.05) is 6.54 Å². The van der Waals surface area contributed by atoms with E-state index >= 15 is 0 Å². The van der Waals surface area contributed by atoms with Crippen LogP contribution in [0.1, 0.15) is 12.0 Å². The maximum atomic E-state index is 13.5. The molecule has 1 saturated carbocycles. The molecule has 1 aliphatic rings. The van der Waals surface area contributed by atoms with E-state index in [9.17, 15) is 22.8 Å². The fourth-order valence-corrected chi connectivity index (χ4v) is 2.76. The van der Waals surface area contributed by atoms with Crippen LogP contribution in [0.15, 0.2) is 42.5 Å². The van der Waals surface area contributed by atoms with E-state index in [2.05, 4.69) is 10.6 Å². The largest absolute Gasteiger partial charge is 0.356 e. The summed E-state index contributed by atoms with van der Waals surface area (Å²) in [5, 5.41) is 4.85. The lowest BCUT2D eigenvalue weighted by Crippen LogP contribution is -2.29. The Morgan fingerprint density at radius 3 is 2.19 bits per heavy atom. The highest BCUT2D eigenvalue weighted by Gasteiger charge is 2.48. The SMILES string of the molecule is O=C(NCCc1ccccc1F)C1CC1C(=O)Nc1c(F)cccc1F. The highest BCUT2D eigenvalue weighted by molar-refractivity contribution is 5.99. The molecule has 0 bridgehead atoms. The zero-order valence-electron chi connectivity index (χ0n) is 13.8. The summed E-state index contributed by atoms with van der Waals surface area (Å²) >= 11 is 0. The molecule has 2 N–H and O–H groups in total. The van der Waals surface area contributed by atoms with E-state index in [1.165, 1.54) is 12.1 Å². The van der Waals surface area contributed by atoms with Crippen molar-refractivity contribution in [2.45, 2.75) is 12.8 Å². The fraction of sp³-hybridized carbons (Fsp3) is 0.263. The highest BCUT2D eigenvalue weighted by Crippen LogP contribution is 2.39. The van der Waals surface area contributed by atoms with Crippen molar-refractivity contribution in [2.75, 3.05) is 11.9 Å². The molecule has 4 nitrogen and oxygen atoms in total. The van der Waals surface area contributed by atoms with Gasteiger partial charge >= 0.3 is 0 Å². The van der Waals surface area contributed by atoms with Gasteiger partial charge in [-0.1, -0.05) is 24.3 Å². The zero-order valence-corrected chi connectivity index (χ0v) is 13.8. The molecule has 0 aliphatic heterocycles. The van der Waals surface area contributed by atoms with Gasteiger partial charge in [0.2, 0.25) is 11.8 Å². The molecule has 0 aromatic heterocycles. The van der Waals surface area contributed by atoms with E-state index in [1.54, 1.807) is 18.2 Å². The van der Waals surface area contributed by atoms with Gasteiger partial charge in [0.1, 0.15) is 23.1 Å². The van der Waals surface area contributed by atoms with Crippen LogP contribution in [0.4, 0.5) is 18.9 Å². The van der Waals surface area contributed by atoms with Crippen LogP contribution in [0.25, 0.3) is 0 Å². The van der Waals surface area contributed by atoms with Crippen LogP contribution >= 0.6 is 0 Å². The molecule has 136 valence electrons. The van der Waals surface area contributed by atoms with Crippen LogP contribution in [-0.4, -0.2) is 18.4 Å². The zero-order chi connectivity index (χ0) is 18.7. The van der Waals surface area contributed by atoms with Crippen molar-refractivity contribution in [3.8, 4) is 0 Å². The third-order valence-electron chi connectivity index (χ3n) is 4.33. The van der Waals surface area contributed by atoms with E-state index in [1.807, 2.05) is 0 Å². The quantitative estimate of drug-likeness (QED) is 0.830. The lowest BCUT2D eigenvalue weighted by molar-refractivity contribution is -0.125. The number of halogens is 3. The van der Waals surface area contributed by atoms with Crippen molar-refractivity contribution in [3.63, 3.8) is 0 Å². The van der Waals surface area contributed by atoms with Gasteiger partial charge in [0.05, 0.1) is 11.8 Å². The fourth-order valence-electron chi connectivity index (χ4n) is 2.76. The van der Waals surface area contributed by atoms with Crippen molar-refractivity contribution in [1.82, 2.24) is 5.32 Å². The molecule has 0 radical (unpaired) electrons. The molecule has 7 heteroatoms. The number of rotatable bonds is 6. The molecule has 2 amide bonds. The van der Waals surface area contributed by atoms with Crippen molar-refractivity contribution >= 4 is 17.5 Å². The first-order chi connectivity index (χ1) is 12.5. The van der Waals surface area contributed by atoms with Crippen LogP contribution in [-0.2, 0) is 16.0 Å². The van der Waals surface area contributed by atoms with Crippen LogP contribution < -0.4 is 10.6 Å². The molecule has 26 heavy (non-hydrogen) atoms. The van der Waals surface area contributed by atoms with Gasteiger partial charge in [-0.25, -0.2) is 13.2 Å². The lowest BCUT2D eigenvalue weighted by Gasteiger charge is -2.08. The summed E-state index contributed by atoms with van der Waals surface area (Å²) in [5.74, 6) is -4.15. The van der Waals surface area contributed by atoms with Gasteiger partial charge in [-0.3, -0.25) is 9.59 Å². The number of hydrogen-bond acceptors (Lipinski definition) is 2. The third-order valence-corrected chi connectivity index (χ3v) is 4.33. The van der Waals surface area contributed by atoms with E-state index in [0.717, 1.165) is 12.1 Å². The monoisotopic (exact) mass is 362 g/mol. The van der Waals surface area contributed by atoms with E-state index in [-0.39, 0.29) is 18.3 Å². The van der Waals surface area contributed by atoms with E-state index in [4.69, 9.17) is 0 Å². The molecular formula is C19H17F3N2O2. The molecule has 2 atom stereocenters.